The highest BCUT2D eigenvalue weighted by molar-refractivity contribution is 5.68. The lowest BCUT2D eigenvalue weighted by molar-refractivity contribution is -0.223. The highest BCUT2D eigenvalue weighted by atomic mass is 19.4. The molecule has 192 valence electrons. The Morgan fingerprint density at radius 3 is 1.86 bits per heavy atom. The summed E-state index contributed by atoms with van der Waals surface area (Å²) in [7, 11) is 0. The molecule has 3 rings (SSSR count). The summed E-state index contributed by atoms with van der Waals surface area (Å²) < 4.78 is 128. The molecule has 1 aliphatic carbocycles. The summed E-state index contributed by atoms with van der Waals surface area (Å²) in [5, 5.41) is 0. The first-order valence-electron chi connectivity index (χ1n) is 11.1. The molecule has 2 aromatic carbocycles. The van der Waals surface area contributed by atoms with Crippen molar-refractivity contribution in [2.75, 3.05) is 0 Å². The van der Waals surface area contributed by atoms with Gasteiger partial charge >= 0.3 is 12.3 Å². The SMILES string of the molecule is CCCC1CCC(C(F)(F)Oc2cc(F)c(-c3cc(F)c(C=CC(F)(F)F)c(F)c3)c(F)c2)CC1. The molecular weight excluding hydrogens is 487 g/mol. The van der Waals surface area contributed by atoms with E-state index in [0.29, 0.717) is 43.0 Å². The average molecular weight is 510 g/mol. The Morgan fingerprint density at radius 2 is 1.37 bits per heavy atom. The van der Waals surface area contributed by atoms with Crippen LogP contribution >= 0.6 is 0 Å². The van der Waals surface area contributed by atoms with Gasteiger partial charge in [-0.25, -0.2) is 17.6 Å². The zero-order chi connectivity index (χ0) is 26.0. The van der Waals surface area contributed by atoms with Crippen molar-refractivity contribution in [3.63, 3.8) is 0 Å². The number of alkyl halides is 5. The second-order valence-corrected chi connectivity index (χ2v) is 8.66. The number of allylic oxidation sites excluding steroid dienone is 1. The monoisotopic (exact) mass is 510 g/mol. The van der Waals surface area contributed by atoms with E-state index in [4.69, 9.17) is 0 Å². The third-order valence-electron chi connectivity index (χ3n) is 6.10. The standard InChI is InChI=1S/C25H23F9O/c1-2-3-14-4-6-16(7-5-14)25(33,34)35-17-12-21(28)23(22(29)13-17)15-10-19(26)18(20(27)11-15)8-9-24(30,31)32/h8-14,16H,2-7H2,1H3. The molecule has 0 spiro atoms. The second-order valence-electron chi connectivity index (χ2n) is 8.66. The molecule has 0 N–H and O–H groups in total. The topological polar surface area (TPSA) is 9.23 Å². The summed E-state index contributed by atoms with van der Waals surface area (Å²) in [5.74, 6) is -7.41. The molecule has 35 heavy (non-hydrogen) atoms. The summed E-state index contributed by atoms with van der Waals surface area (Å²) in [4.78, 5) is 0. The minimum atomic E-state index is -4.83. The van der Waals surface area contributed by atoms with Gasteiger partial charge in [-0.3, -0.25) is 0 Å². The van der Waals surface area contributed by atoms with Crippen LogP contribution in [0.15, 0.2) is 30.3 Å². The molecule has 0 aliphatic heterocycles. The fourth-order valence-electron chi connectivity index (χ4n) is 4.39. The van der Waals surface area contributed by atoms with Crippen molar-refractivity contribution in [2.45, 2.75) is 57.7 Å². The van der Waals surface area contributed by atoms with Crippen LogP contribution in [0.5, 0.6) is 5.75 Å². The fourth-order valence-corrected chi connectivity index (χ4v) is 4.39. The molecule has 2 aromatic rings. The van der Waals surface area contributed by atoms with E-state index >= 15 is 0 Å². The largest absolute Gasteiger partial charge is 0.432 e. The van der Waals surface area contributed by atoms with Crippen molar-refractivity contribution >= 4 is 6.08 Å². The lowest BCUT2D eigenvalue weighted by Gasteiger charge is -2.33. The zero-order valence-corrected chi connectivity index (χ0v) is 18.7. The Bertz CT molecular complexity index is 1020. The number of hydrogen-bond acceptors (Lipinski definition) is 1. The van der Waals surface area contributed by atoms with E-state index in [9.17, 15) is 39.5 Å². The van der Waals surface area contributed by atoms with Gasteiger partial charge in [0, 0.05) is 23.8 Å². The zero-order valence-electron chi connectivity index (χ0n) is 18.7. The number of rotatable bonds is 7. The van der Waals surface area contributed by atoms with Crippen LogP contribution in [0, 0.1) is 35.1 Å². The van der Waals surface area contributed by atoms with Gasteiger partial charge in [0.15, 0.2) is 0 Å². The van der Waals surface area contributed by atoms with Gasteiger partial charge in [0.1, 0.15) is 29.0 Å². The van der Waals surface area contributed by atoms with E-state index < -0.39 is 70.0 Å². The maximum absolute atomic E-state index is 14.6. The third-order valence-corrected chi connectivity index (χ3v) is 6.10. The minimum absolute atomic E-state index is 0.149. The van der Waals surface area contributed by atoms with Crippen LogP contribution in [0.2, 0.25) is 0 Å². The predicted octanol–water partition coefficient (Wildman–Crippen LogP) is 9.06. The van der Waals surface area contributed by atoms with Gasteiger partial charge in [0.05, 0.1) is 11.5 Å². The summed E-state index contributed by atoms with van der Waals surface area (Å²) in [5.41, 5.74) is -2.66. The lowest BCUT2D eigenvalue weighted by Crippen LogP contribution is -2.37. The quantitative estimate of drug-likeness (QED) is 0.338. The molecule has 0 atom stereocenters. The maximum Gasteiger partial charge on any atom is 0.409 e. The number of benzene rings is 2. The van der Waals surface area contributed by atoms with E-state index in [1.165, 1.54) is 0 Å². The van der Waals surface area contributed by atoms with Crippen molar-refractivity contribution in [3.05, 3.63) is 59.2 Å². The van der Waals surface area contributed by atoms with Gasteiger partial charge in [-0.2, -0.15) is 22.0 Å². The van der Waals surface area contributed by atoms with Crippen molar-refractivity contribution in [1.29, 1.82) is 0 Å². The highest BCUT2D eigenvalue weighted by Gasteiger charge is 2.44. The summed E-state index contributed by atoms with van der Waals surface area (Å²) in [6.45, 7) is 2.01. The van der Waals surface area contributed by atoms with E-state index in [2.05, 4.69) is 4.74 Å². The van der Waals surface area contributed by atoms with Crippen molar-refractivity contribution in [1.82, 2.24) is 0 Å². The van der Waals surface area contributed by atoms with Gasteiger partial charge < -0.3 is 4.74 Å². The van der Waals surface area contributed by atoms with E-state index in [1.807, 2.05) is 6.92 Å². The minimum Gasteiger partial charge on any atom is -0.432 e. The van der Waals surface area contributed by atoms with Crippen LogP contribution in [-0.2, 0) is 0 Å². The average Bonchev–Trinajstić information content (AvgIpc) is 2.72. The molecule has 1 aliphatic rings. The first-order valence-corrected chi connectivity index (χ1v) is 11.1. The first-order chi connectivity index (χ1) is 16.3. The van der Waals surface area contributed by atoms with Crippen LogP contribution in [-0.4, -0.2) is 12.3 Å². The lowest BCUT2D eigenvalue weighted by atomic mass is 9.79. The molecule has 0 saturated heterocycles. The summed E-state index contributed by atoms with van der Waals surface area (Å²) in [6, 6.07) is 1.85. The number of hydrogen-bond donors (Lipinski definition) is 0. The maximum atomic E-state index is 14.6. The Morgan fingerprint density at radius 1 is 0.829 bits per heavy atom. The second kappa shape index (κ2) is 10.5. The molecule has 1 saturated carbocycles. The van der Waals surface area contributed by atoms with Crippen molar-refractivity contribution in [2.24, 2.45) is 11.8 Å². The van der Waals surface area contributed by atoms with E-state index in [0.717, 1.165) is 12.8 Å². The van der Waals surface area contributed by atoms with Crippen LogP contribution in [0.3, 0.4) is 0 Å². The van der Waals surface area contributed by atoms with E-state index in [1.54, 1.807) is 0 Å². The molecule has 0 unspecified atom stereocenters. The Balaban J connectivity index is 1.82. The van der Waals surface area contributed by atoms with Crippen LogP contribution in [0.1, 0.15) is 51.0 Å². The van der Waals surface area contributed by atoms with Gasteiger partial charge in [0.2, 0.25) is 0 Å². The molecule has 0 radical (unpaired) electrons. The molecule has 0 bridgehead atoms. The van der Waals surface area contributed by atoms with Crippen LogP contribution in [0.4, 0.5) is 39.5 Å². The molecule has 0 amide bonds. The normalized spacial score (nSPS) is 19.4. The van der Waals surface area contributed by atoms with Gasteiger partial charge in [-0.15, -0.1) is 0 Å². The van der Waals surface area contributed by atoms with Gasteiger partial charge in [-0.05, 0) is 55.4 Å². The molecule has 1 nitrogen and oxygen atoms in total. The highest BCUT2D eigenvalue weighted by Crippen LogP contribution is 2.42. The number of ether oxygens (including phenoxy) is 1. The van der Waals surface area contributed by atoms with Crippen LogP contribution < -0.4 is 4.74 Å². The molecule has 0 aromatic heterocycles. The Labute approximate surface area is 196 Å². The molecule has 1 fully saturated rings. The smallest absolute Gasteiger partial charge is 0.409 e. The van der Waals surface area contributed by atoms with Gasteiger partial charge in [-0.1, -0.05) is 19.8 Å². The summed E-state index contributed by atoms with van der Waals surface area (Å²) >= 11 is 0. The first kappa shape index (κ1) is 26.9. The van der Waals surface area contributed by atoms with Crippen LogP contribution in [0.25, 0.3) is 17.2 Å². The predicted molar refractivity (Wildman–Crippen MR) is 113 cm³/mol. The number of halogens is 9. The fraction of sp³-hybridized carbons (Fsp3) is 0.440. The molecule has 10 heteroatoms. The summed E-state index contributed by atoms with van der Waals surface area (Å²) in [6.07, 6.45) is -5.25. The Kier molecular flexibility index (Phi) is 8.11. The molecule has 0 heterocycles. The van der Waals surface area contributed by atoms with E-state index in [-0.39, 0.29) is 18.9 Å². The van der Waals surface area contributed by atoms with Gasteiger partial charge in [0.25, 0.3) is 0 Å². The third kappa shape index (κ3) is 6.73. The van der Waals surface area contributed by atoms with Crippen molar-refractivity contribution in [3.8, 4) is 16.9 Å². The molecular formula is C25H23F9O. The van der Waals surface area contributed by atoms with Crippen molar-refractivity contribution < 1.29 is 44.3 Å². The Hall–Kier alpha value is -2.65.